The number of hydrogen-bond acceptors (Lipinski definition) is 4. The first-order valence-corrected chi connectivity index (χ1v) is 14.5. The normalized spacial score (nSPS) is 18.3. The highest BCUT2D eigenvalue weighted by Gasteiger charge is 2.32. The van der Waals surface area contributed by atoms with Crippen LogP contribution in [0, 0.1) is 11.7 Å². The summed E-state index contributed by atoms with van der Waals surface area (Å²) in [5.41, 5.74) is 0.402. The number of nitrogens with one attached hydrogen (secondary N) is 4. The molecule has 1 fully saturated rings. The van der Waals surface area contributed by atoms with E-state index in [4.69, 9.17) is 0 Å². The Balaban J connectivity index is 1.72. The maximum Gasteiger partial charge on any atom is 0.268 e. The number of H-pyrrole nitrogens is 1. The van der Waals surface area contributed by atoms with Crippen LogP contribution in [0.3, 0.4) is 0 Å². The molecule has 1 aromatic carbocycles. The molecule has 32 heavy (non-hydrogen) atoms. The molecule has 2 heterocycles. The van der Waals surface area contributed by atoms with Gasteiger partial charge in [-0.05, 0) is 31.0 Å². The Morgan fingerprint density at radius 3 is 2.62 bits per heavy atom. The van der Waals surface area contributed by atoms with Crippen molar-refractivity contribution in [3.8, 4) is 0 Å². The van der Waals surface area contributed by atoms with Gasteiger partial charge in [0, 0.05) is 25.9 Å². The van der Waals surface area contributed by atoms with Gasteiger partial charge in [-0.3, -0.25) is 14.4 Å². The highest BCUT2D eigenvalue weighted by atomic mass is 28.3. The SMILES string of the molecule is C[Si](C)(C)C[C@H](NC(=O)c1cc2cccc(F)c2[nH]1)C(=O)N[C@H](CO)C[C@@H]1CCNC1=O. The van der Waals surface area contributed by atoms with E-state index in [1.807, 2.05) is 0 Å². The standard InChI is InChI=1S/C22H31FN4O4Si/c1-32(2,3)12-18(22(31)25-15(11-28)9-14-7-8-24-20(14)29)27-21(30)17-10-13-5-4-6-16(23)19(13)26-17/h4-6,10,14-15,18,26,28H,7-9,11-12H2,1-3H3,(H,24,29)(H,25,31)(H,27,30)/t14-,15-,18-/m0/s1. The smallest absolute Gasteiger partial charge is 0.268 e. The number of aliphatic hydroxyl groups excluding tert-OH is 1. The Hall–Kier alpha value is -2.72. The monoisotopic (exact) mass is 462 g/mol. The number of rotatable bonds is 9. The lowest BCUT2D eigenvalue weighted by Crippen LogP contribution is -2.53. The molecule has 0 saturated carbocycles. The average Bonchev–Trinajstić information content (AvgIpc) is 3.33. The summed E-state index contributed by atoms with van der Waals surface area (Å²) in [5, 5.41) is 18.6. The van der Waals surface area contributed by atoms with Crippen molar-refractivity contribution in [3.05, 3.63) is 35.8 Å². The summed E-state index contributed by atoms with van der Waals surface area (Å²) in [6.07, 6.45) is 1.00. The van der Waals surface area contributed by atoms with Crippen LogP contribution in [-0.4, -0.2) is 61.1 Å². The van der Waals surface area contributed by atoms with E-state index in [0.29, 0.717) is 30.8 Å². The third-order valence-electron chi connectivity index (χ3n) is 5.59. The summed E-state index contributed by atoms with van der Waals surface area (Å²) in [6, 6.07) is 5.21. The topological polar surface area (TPSA) is 123 Å². The lowest BCUT2D eigenvalue weighted by Gasteiger charge is -2.27. The molecule has 2 aromatic rings. The molecule has 10 heteroatoms. The second-order valence-corrected chi connectivity index (χ2v) is 15.1. The van der Waals surface area contributed by atoms with Gasteiger partial charge in [0.25, 0.3) is 5.91 Å². The lowest BCUT2D eigenvalue weighted by atomic mass is 9.98. The summed E-state index contributed by atoms with van der Waals surface area (Å²) < 4.78 is 14.0. The minimum Gasteiger partial charge on any atom is -0.394 e. The van der Waals surface area contributed by atoms with Crippen LogP contribution in [0.5, 0.6) is 0 Å². The van der Waals surface area contributed by atoms with Gasteiger partial charge < -0.3 is 26.0 Å². The molecule has 8 nitrogen and oxygen atoms in total. The Morgan fingerprint density at radius 2 is 2.03 bits per heavy atom. The first kappa shape index (κ1) is 23.9. The van der Waals surface area contributed by atoms with Crippen LogP contribution >= 0.6 is 0 Å². The fraction of sp³-hybridized carbons (Fsp3) is 0.500. The summed E-state index contributed by atoms with van der Waals surface area (Å²) in [5.74, 6) is -1.69. The number of carbonyl (C=O) groups is 3. The van der Waals surface area contributed by atoms with Crippen LogP contribution in [0.1, 0.15) is 23.3 Å². The number of para-hydroxylation sites is 1. The number of amides is 3. The molecule has 0 radical (unpaired) electrons. The number of aliphatic hydroxyl groups is 1. The van der Waals surface area contributed by atoms with Crippen molar-refractivity contribution in [2.45, 2.75) is 50.6 Å². The number of aromatic nitrogens is 1. The molecule has 3 rings (SSSR count). The van der Waals surface area contributed by atoms with Crippen molar-refractivity contribution in [2.24, 2.45) is 5.92 Å². The second-order valence-electron chi connectivity index (χ2n) is 9.58. The van der Waals surface area contributed by atoms with Crippen LogP contribution < -0.4 is 16.0 Å². The number of hydrogen-bond donors (Lipinski definition) is 5. The van der Waals surface area contributed by atoms with Gasteiger partial charge in [0.2, 0.25) is 11.8 Å². The van der Waals surface area contributed by atoms with E-state index in [1.54, 1.807) is 18.2 Å². The molecule has 0 unspecified atom stereocenters. The van der Waals surface area contributed by atoms with E-state index in [9.17, 15) is 23.9 Å². The zero-order valence-electron chi connectivity index (χ0n) is 18.6. The van der Waals surface area contributed by atoms with Crippen LogP contribution in [0.15, 0.2) is 24.3 Å². The molecule has 1 aromatic heterocycles. The molecule has 1 aliphatic heterocycles. The number of carbonyl (C=O) groups excluding carboxylic acids is 3. The maximum absolute atomic E-state index is 14.0. The van der Waals surface area contributed by atoms with E-state index in [1.165, 1.54) is 6.07 Å². The largest absolute Gasteiger partial charge is 0.394 e. The minimum atomic E-state index is -1.77. The van der Waals surface area contributed by atoms with Crippen LogP contribution in [0.4, 0.5) is 4.39 Å². The summed E-state index contributed by atoms with van der Waals surface area (Å²) in [7, 11) is -1.77. The van der Waals surface area contributed by atoms with Gasteiger partial charge in [-0.2, -0.15) is 0 Å². The molecule has 3 atom stereocenters. The zero-order chi connectivity index (χ0) is 23.5. The maximum atomic E-state index is 14.0. The van der Waals surface area contributed by atoms with Gasteiger partial charge in [0.1, 0.15) is 17.6 Å². The number of halogens is 1. The van der Waals surface area contributed by atoms with Crippen molar-refractivity contribution in [2.75, 3.05) is 13.2 Å². The molecular formula is C22H31FN4O4Si. The molecule has 0 aliphatic carbocycles. The summed E-state index contributed by atoms with van der Waals surface area (Å²) in [6.45, 7) is 6.55. The van der Waals surface area contributed by atoms with Crippen LogP contribution in [-0.2, 0) is 9.59 Å². The van der Waals surface area contributed by atoms with Gasteiger partial charge in [-0.15, -0.1) is 0 Å². The van der Waals surface area contributed by atoms with E-state index in [0.717, 1.165) is 0 Å². The van der Waals surface area contributed by atoms with Gasteiger partial charge in [-0.1, -0.05) is 31.8 Å². The Kier molecular flexibility index (Phi) is 7.35. The highest BCUT2D eigenvalue weighted by Crippen LogP contribution is 2.20. The molecule has 3 amide bonds. The fourth-order valence-electron chi connectivity index (χ4n) is 3.99. The van der Waals surface area contributed by atoms with Gasteiger partial charge in [0.15, 0.2) is 0 Å². The Labute approximate surface area is 187 Å². The molecular weight excluding hydrogens is 431 g/mol. The van der Waals surface area contributed by atoms with Crippen molar-refractivity contribution < 1.29 is 23.9 Å². The first-order valence-electron chi connectivity index (χ1n) is 10.8. The number of aromatic amines is 1. The highest BCUT2D eigenvalue weighted by molar-refractivity contribution is 6.76. The van der Waals surface area contributed by atoms with Crippen molar-refractivity contribution >= 4 is 36.7 Å². The fourth-order valence-corrected chi connectivity index (χ4v) is 5.51. The number of fused-ring (bicyclic) bond motifs is 1. The predicted molar refractivity (Wildman–Crippen MR) is 122 cm³/mol. The second kappa shape index (κ2) is 9.82. The van der Waals surface area contributed by atoms with Crippen LogP contribution in [0.25, 0.3) is 10.9 Å². The Bertz CT molecular complexity index is 1000. The third-order valence-corrected chi connectivity index (χ3v) is 7.22. The van der Waals surface area contributed by atoms with E-state index < -0.39 is 37.8 Å². The van der Waals surface area contributed by atoms with E-state index in [2.05, 4.69) is 40.6 Å². The van der Waals surface area contributed by atoms with Gasteiger partial charge >= 0.3 is 0 Å². The van der Waals surface area contributed by atoms with E-state index in [-0.39, 0.29) is 29.6 Å². The Morgan fingerprint density at radius 1 is 1.28 bits per heavy atom. The molecule has 174 valence electrons. The lowest BCUT2D eigenvalue weighted by molar-refractivity contribution is -0.125. The minimum absolute atomic E-state index is 0.0734. The predicted octanol–water partition coefficient (Wildman–Crippen LogP) is 1.75. The molecule has 1 aliphatic rings. The first-order chi connectivity index (χ1) is 15.1. The molecule has 1 saturated heterocycles. The quantitative estimate of drug-likeness (QED) is 0.364. The molecule has 0 spiro atoms. The molecule has 5 N–H and O–H groups in total. The third kappa shape index (κ3) is 5.95. The zero-order valence-corrected chi connectivity index (χ0v) is 19.6. The van der Waals surface area contributed by atoms with E-state index >= 15 is 0 Å². The molecule has 0 bridgehead atoms. The average molecular weight is 463 g/mol. The number of benzene rings is 1. The van der Waals surface area contributed by atoms with Crippen molar-refractivity contribution in [3.63, 3.8) is 0 Å². The van der Waals surface area contributed by atoms with Crippen LogP contribution in [0.2, 0.25) is 25.7 Å². The van der Waals surface area contributed by atoms with Crippen molar-refractivity contribution in [1.29, 1.82) is 0 Å². The van der Waals surface area contributed by atoms with Crippen molar-refractivity contribution in [1.82, 2.24) is 20.9 Å². The summed E-state index contributed by atoms with van der Waals surface area (Å²) >= 11 is 0. The summed E-state index contributed by atoms with van der Waals surface area (Å²) in [4.78, 5) is 40.6. The van der Waals surface area contributed by atoms with Gasteiger partial charge in [0.05, 0.1) is 18.2 Å². The van der Waals surface area contributed by atoms with Gasteiger partial charge in [-0.25, -0.2) is 4.39 Å².